The quantitative estimate of drug-likeness (QED) is 0.752. The molecule has 0 unspecified atom stereocenters. The van der Waals surface area contributed by atoms with E-state index in [2.05, 4.69) is 5.32 Å². The average molecular weight is 393 g/mol. The summed E-state index contributed by atoms with van der Waals surface area (Å²) in [6, 6.07) is 14.1. The Morgan fingerprint density at radius 1 is 0.964 bits per heavy atom. The summed E-state index contributed by atoms with van der Waals surface area (Å²) in [6.07, 6.45) is 7.58. The van der Waals surface area contributed by atoms with Gasteiger partial charge in [-0.3, -0.25) is 9.59 Å². The first-order valence-corrected chi connectivity index (χ1v) is 11.1. The van der Waals surface area contributed by atoms with Gasteiger partial charge in [0, 0.05) is 27.4 Å². The Kier molecular flexibility index (Phi) is 4.63. The smallest absolute Gasteiger partial charge is 0.259 e. The molecule has 2 fully saturated rings. The zero-order valence-corrected chi connectivity index (χ0v) is 16.6. The summed E-state index contributed by atoms with van der Waals surface area (Å²) < 4.78 is 0. The first-order chi connectivity index (χ1) is 13.7. The monoisotopic (exact) mass is 392 g/mol. The van der Waals surface area contributed by atoms with E-state index in [9.17, 15) is 9.59 Å². The molecule has 3 aliphatic rings. The topological polar surface area (TPSA) is 49.4 Å². The fraction of sp³-hybridized carbons (Fsp3) is 0.391. The first-order valence-electron chi connectivity index (χ1n) is 10.3. The molecule has 1 N–H and O–H groups in total. The molecule has 2 aliphatic carbocycles. The molecule has 1 heterocycles. The third-order valence-corrected chi connectivity index (χ3v) is 7.33. The van der Waals surface area contributed by atoms with Gasteiger partial charge in [-0.1, -0.05) is 43.2 Å². The van der Waals surface area contributed by atoms with Crippen molar-refractivity contribution in [3.05, 3.63) is 48.0 Å². The highest BCUT2D eigenvalue weighted by Gasteiger charge is 2.34. The lowest BCUT2D eigenvalue weighted by Gasteiger charge is -2.29. The van der Waals surface area contributed by atoms with E-state index in [-0.39, 0.29) is 23.8 Å². The van der Waals surface area contributed by atoms with E-state index >= 15 is 0 Å². The lowest BCUT2D eigenvalue weighted by molar-refractivity contribution is -0.122. The molecule has 0 radical (unpaired) electrons. The summed E-state index contributed by atoms with van der Waals surface area (Å²) in [6.45, 7) is 0. The van der Waals surface area contributed by atoms with Crippen LogP contribution in [0.1, 0.15) is 55.3 Å². The second-order valence-corrected chi connectivity index (χ2v) is 9.10. The number of fused-ring (bicyclic) bond motifs is 2. The third-order valence-electron chi connectivity index (χ3n) is 6.21. The molecule has 1 aliphatic heterocycles. The first kappa shape index (κ1) is 17.8. The third kappa shape index (κ3) is 3.12. The second-order valence-electron chi connectivity index (χ2n) is 8.01. The minimum absolute atomic E-state index is 0.0972. The molecule has 0 aromatic heterocycles. The van der Waals surface area contributed by atoms with Gasteiger partial charge < -0.3 is 10.2 Å². The molecule has 2 aromatic rings. The van der Waals surface area contributed by atoms with Crippen LogP contribution in [0.4, 0.5) is 11.4 Å². The van der Waals surface area contributed by atoms with Gasteiger partial charge in [0.15, 0.2) is 0 Å². The Bertz CT molecular complexity index is 932. The molecule has 0 spiro atoms. The van der Waals surface area contributed by atoms with Crippen LogP contribution in [-0.4, -0.2) is 17.9 Å². The molecule has 0 atom stereocenters. The highest BCUT2D eigenvalue weighted by Crippen LogP contribution is 2.45. The predicted molar refractivity (Wildman–Crippen MR) is 112 cm³/mol. The van der Waals surface area contributed by atoms with Gasteiger partial charge in [-0.05, 0) is 56.0 Å². The zero-order chi connectivity index (χ0) is 19.1. The Balaban J connectivity index is 1.54. The lowest BCUT2D eigenvalue weighted by atomic mass is 9.85. The average Bonchev–Trinajstić information content (AvgIpc) is 3.13. The maximum absolute atomic E-state index is 13.4. The van der Waals surface area contributed by atoms with Crippen LogP contribution in [0.25, 0.3) is 0 Å². The van der Waals surface area contributed by atoms with Crippen molar-refractivity contribution in [3.63, 3.8) is 0 Å². The van der Waals surface area contributed by atoms with Gasteiger partial charge in [-0.2, -0.15) is 0 Å². The van der Waals surface area contributed by atoms with Crippen molar-refractivity contribution in [2.45, 2.75) is 60.8 Å². The number of nitrogens with zero attached hydrogens (tertiary/aromatic N) is 1. The van der Waals surface area contributed by atoms with E-state index in [4.69, 9.17) is 0 Å². The van der Waals surface area contributed by atoms with Gasteiger partial charge in [0.1, 0.15) is 0 Å². The summed E-state index contributed by atoms with van der Waals surface area (Å²) in [5.41, 5.74) is 2.57. The maximum atomic E-state index is 13.4. The standard InChI is InChI=1S/C23H24N2O2S/c26-22(15-6-5-7-15)24-16-12-13-19-21(14-16)28-20-11-4-3-10-18(20)23(27)25(19)17-8-1-2-9-17/h3-4,10-15,17H,1-2,5-9H2,(H,24,26). The number of anilines is 2. The zero-order valence-electron chi connectivity index (χ0n) is 15.8. The Morgan fingerprint density at radius 2 is 1.75 bits per heavy atom. The van der Waals surface area contributed by atoms with Crippen molar-refractivity contribution in [1.82, 2.24) is 0 Å². The fourth-order valence-corrected chi connectivity index (χ4v) is 5.51. The molecule has 2 saturated carbocycles. The van der Waals surface area contributed by atoms with E-state index in [1.165, 1.54) is 12.8 Å². The number of hydrogen-bond donors (Lipinski definition) is 1. The van der Waals surface area contributed by atoms with Gasteiger partial charge in [0.05, 0.1) is 11.3 Å². The number of carbonyl (C=O) groups excluding carboxylic acids is 2. The maximum Gasteiger partial charge on any atom is 0.259 e. The Hall–Kier alpha value is -2.27. The SMILES string of the molecule is O=C(Nc1ccc2c(c1)Sc1ccccc1C(=O)N2C1CCCC1)C1CCC1. The Labute approximate surface area is 169 Å². The summed E-state index contributed by atoms with van der Waals surface area (Å²) in [4.78, 5) is 29.8. The minimum Gasteiger partial charge on any atom is -0.326 e. The summed E-state index contributed by atoms with van der Waals surface area (Å²) >= 11 is 1.63. The van der Waals surface area contributed by atoms with Gasteiger partial charge in [0.2, 0.25) is 5.91 Å². The van der Waals surface area contributed by atoms with Gasteiger partial charge >= 0.3 is 0 Å². The molecular formula is C23H24N2O2S. The molecule has 5 heteroatoms. The molecule has 144 valence electrons. The van der Waals surface area contributed by atoms with E-state index < -0.39 is 0 Å². The highest BCUT2D eigenvalue weighted by atomic mass is 32.2. The molecule has 5 rings (SSSR count). The van der Waals surface area contributed by atoms with E-state index in [1.54, 1.807) is 11.8 Å². The highest BCUT2D eigenvalue weighted by molar-refractivity contribution is 7.99. The number of rotatable bonds is 3. The summed E-state index contributed by atoms with van der Waals surface area (Å²) in [5, 5.41) is 3.08. The van der Waals surface area contributed by atoms with Crippen LogP contribution < -0.4 is 10.2 Å². The van der Waals surface area contributed by atoms with Crippen molar-refractivity contribution < 1.29 is 9.59 Å². The Morgan fingerprint density at radius 3 is 2.50 bits per heavy atom. The number of hydrogen-bond acceptors (Lipinski definition) is 3. The van der Waals surface area contributed by atoms with Crippen molar-refractivity contribution in [1.29, 1.82) is 0 Å². The molecule has 4 nitrogen and oxygen atoms in total. The summed E-state index contributed by atoms with van der Waals surface area (Å²) in [5.74, 6) is 0.373. The van der Waals surface area contributed by atoms with Crippen LogP contribution in [0, 0.1) is 5.92 Å². The normalized spacial score (nSPS) is 19.6. The van der Waals surface area contributed by atoms with Crippen molar-refractivity contribution >= 4 is 35.0 Å². The molecule has 0 bridgehead atoms. The van der Waals surface area contributed by atoms with Crippen LogP contribution in [0.3, 0.4) is 0 Å². The lowest BCUT2D eigenvalue weighted by Crippen LogP contribution is -2.39. The number of benzene rings is 2. The van der Waals surface area contributed by atoms with Crippen LogP contribution in [0.5, 0.6) is 0 Å². The van der Waals surface area contributed by atoms with Gasteiger partial charge in [-0.15, -0.1) is 0 Å². The van der Waals surface area contributed by atoms with Crippen LogP contribution in [0.15, 0.2) is 52.3 Å². The van der Waals surface area contributed by atoms with Gasteiger partial charge in [-0.25, -0.2) is 0 Å². The second kappa shape index (κ2) is 7.28. The van der Waals surface area contributed by atoms with E-state index in [1.807, 2.05) is 47.4 Å². The molecule has 2 amide bonds. The van der Waals surface area contributed by atoms with E-state index in [0.29, 0.717) is 0 Å². The van der Waals surface area contributed by atoms with Gasteiger partial charge in [0.25, 0.3) is 5.91 Å². The van der Waals surface area contributed by atoms with E-state index in [0.717, 1.165) is 58.8 Å². The molecule has 28 heavy (non-hydrogen) atoms. The molecule has 2 aromatic carbocycles. The number of amides is 2. The largest absolute Gasteiger partial charge is 0.326 e. The minimum atomic E-state index is 0.0972. The van der Waals surface area contributed by atoms with Crippen molar-refractivity contribution in [3.8, 4) is 0 Å². The predicted octanol–water partition coefficient (Wildman–Crippen LogP) is 5.48. The van der Waals surface area contributed by atoms with Crippen molar-refractivity contribution in [2.24, 2.45) is 5.92 Å². The van der Waals surface area contributed by atoms with Crippen molar-refractivity contribution in [2.75, 3.05) is 10.2 Å². The fourth-order valence-electron chi connectivity index (χ4n) is 4.40. The van der Waals surface area contributed by atoms with Crippen LogP contribution in [0.2, 0.25) is 0 Å². The van der Waals surface area contributed by atoms with Crippen LogP contribution >= 0.6 is 11.8 Å². The number of nitrogens with one attached hydrogen (secondary N) is 1. The summed E-state index contributed by atoms with van der Waals surface area (Å²) in [7, 11) is 0. The molecular weight excluding hydrogens is 368 g/mol. The molecule has 0 saturated heterocycles. The number of carbonyl (C=O) groups is 2. The van der Waals surface area contributed by atoms with Crippen LogP contribution in [-0.2, 0) is 4.79 Å².